The Morgan fingerprint density at radius 3 is 2.12 bits per heavy atom. The molecule has 43 heavy (non-hydrogen) atoms. The van der Waals surface area contributed by atoms with Crippen LogP contribution in [0.1, 0.15) is 55.2 Å². The topological polar surface area (TPSA) is 94.5 Å². The first-order valence-electron chi connectivity index (χ1n) is 14.3. The van der Waals surface area contributed by atoms with Gasteiger partial charge in [-0.1, -0.05) is 0 Å². The SMILES string of the molecule is NC=NC=Nc1cc2c(c(C(F)(F)F)c1)C(O)(c1c(F)cc(F)cc1F)C(=O)N2CC1CC(N(CC2CC2)CC2CC2)C1. The number of nitrogens with two attached hydrogens (primary N) is 1. The predicted octanol–water partition coefficient (Wildman–Crippen LogP) is 5.25. The van der Waals surface area contributed by atoms with Crippen LogP contribution in [-0.2, 0) is 16.6 Å². The first-order chi connectivity index (χ1) is 20.4. The maximum absolute atomic E-state index is 15.1. The molecule has 1 aliphatic heterocycles. The van der Waals surface area contributed by atoms with Gasteiger partial charge in [-0.3, -0.25) is 9.69 Å². The van der Waals surface area contributed by atoms with E-state index in [1.165, 1.54) is 25.7 Å². The Kier molecular flexibility index (Phi) is 7.52. The minimum atomic E-state index is -5.17. The van der Waals surface area contributed by atoms with Crippen molar-refractivity contribution in [3.8, 4) is 0 Å². The summed E-state index contributed by atoms with van der Waals surface area (Å²) in [6.07, 6.45) is 2.79. The van der Waals surface area contributed by atoms with E-state index in [-0.39, 0.29) is 42.0 Å². The molecule has 3 fully saturated rings. The molecule has 7 nitrogen and oxygen atoms in total. The van der Waals surface area contributed by atoms with Crippen molar-refractivity contribution in [2.24, 2.45) is 33.5 Å². The summed E-state index contributed by atoms with van der Waals surface area (Å²) in [7, 11) is 0. The van der Waals surface area contributed by atoms with Gasteiger partial charge in [0.15, 0.2) is 0 Å². The number of fused-ring (bicyclic) bond motifs is 1. The summed E-state index contributed by atoms with van der Waals surface area (Å²) in [5.41, 5.74) is -2.80. The van der Waals surface area contributed by atoms with E-state index in [1.807, 2.05) is 0 Å². The zero-order chi connectivity index (χ0) is 30.7. The normalized spacial score (nSPS) is 25.8. The molecule has 3 saturated carbocycles. The van der Waals surface area contributed by atoms with Gasteiger partial charge in [0.05, 0.1) is 28.8 Å². The number of hydrogen-bond acceptors (Lipinski definition) is 4. The van der Waals surface area contributed by atoms with E-state index in [0.717, 1.165) is 36.7 Å². The second-order valence-electron chi connectivity index (χ2n) is 12.1. The van der Waals surface area contributed by atoms with E-state index in [4.69, 9.17) is 5.73 Å². The fourth-order valence-corrected chi connectivity index (χ4v) is 6.40. The standard InChI is InChI=1S/C30H31F6N5O2/c31-19-7-23(32)27(24(33)8-19)29(43)26-22(30(34,35)36)9-20(39-15-38-14-37)10-25(26)41(28(29)42)13-18-5-21(6-18)40(11-16-1-2-16)12-17-3-4-17/h7-10,14-18,21,43H,1-6,11-13H2,(H2,37,38,39). The molecule has 2 aromatic rings. The Labute approximate surface area is 244 Å². The lowest BCUT2D eigenvalue weighted by Gasteiger charge is -2.44. The molecule has 1 heterocycles. The number of nitrogens with zero attached hydrogens (tertiary/aromatic N) is 4. The maximum Gasteiger partial charge on any atom is 0.416 e. The third-order valence-corrected chi connectivity index (χ3v) is 8.89. The maximum atomic E-state index is 15.1. The summed E-state index contributed by atoms with van der Waals surface area (Å²) < 4.78 is 87.4. The quantitative estimate of drug-likeness (QED) is 0.219. The molecule has 13 heteroatoms. The van der Waals surface area contributed by atoms with E-state index in [2.05, 4.69) is 14.9 Å². The number of rotatable bonds is 10. The summed E-state index contributed by atoms with van der Waals surface area (Å²) in [6, 6.07) is 2.38. The number of aliphatic imine (C=N–C) groups is 2. The van der Waals surface area contributed by atoms with Crippen molar-refractivity contribution in [2.75, 3.05) is 24.5 Å². The molecular weight excluding hydrogens is 576 g/mol. The zero-order valence-corrected chi connectivity index (χ0v) is 23.1. The van der Waals surface area contributed by atoms with Gasteiger partial charge in [-0.2, -0.15) is 13.2 Å². The summed E-state index contributed by atoms with van der Waals surface area (Å²) in [4.78, 5) is 24.8. The Hall–Kier alpha value is -3.45. The first-order valence-corrected chi connectivity index (χ1v) is 14.3. The summed E-state index contributed by atoms with van der Waals surface area (Å²) in [5, 5.41) is 11.7. The van der Waals surface area contributed by atoms with Crippen LogP contribution in [-0.4, -0.2) is 54.3 Å². The van der Waals surface area contributed by atoms with E-state index < -0.39 is 51.8 Å². The van der Waals surface area contributed by atoms with E-state index in [0.29, 0.717) is 30.7 Å². The number of hydrogen-bond donors (Lipinski definition) is 2. The van der Waals surface area contributed by atoms with Crippen molar-refractivity contribution in [2.45, 2.75) is 56.3 Å². The van der Waals surface area contributed by atoms with Crippen LogP contribution in [0.2, 0.25) is 0 Å². The van der Waals surface area contributed by atoms with Crippen molar-refractivity contribution in [1.29, 1.82) is 0 Å². The predicted molar refractivity (Wildman–Crippen MR) is 147 cm³/mol. The number of amides is 1. The molecule has 6 rings (SSSR count). The Balaban J connectivity index is 1.39. The summed E-state index contributed by atoms with van der Waals surface area (Å²) in [5.74, 6) is -4.84. The van der Waals surface area contributed by atoms with Crippen molar-refractivity contribution in [3.63, 3.8) is 0 Å². The molecule has 2 aromatic carbocycles. The van der Waals surface area contributed by atoms with Gasteiger partial charge >= 0.3 is 6.18 Å². The van der Waals surface area contributed by atoms with Crippen molar-refractivity contribution < 1.29 is 36.2 Å². The highest BCUT2D eigenvalue weighted by Crippen LogP contribution is 2.53. The number of benzene rings is 2. The molecule has 3 N–H and O–H groups in total. The zero-order valence-electron chi connectivity index (χ0n) is 23.1. The van der Waals surface area contributed by atoms with E-state index >= 15 is 8.78 Å². The minimum Gasteiger partial charge on any atom is -0.390 e. The van der Waals surface area contributed by atoms with Gasteiger partial charge in [-0.05, 0) is 68.4 Å². The smallest absolute Gasteiger partial charge is 0.390 e. The monoisotopic (exact) mass is 607 g/mol. The fraction of sp³-hybridized carbons (Fsp3) is 0.500. The van der Waals surface area contributed by atoms with Gasteiger partial charge in [0.2, 0.25) is 5.60 Å². The van der Waals surface area contributed by atoms with Gasteiger partial charge in [-0.15, -0.1) is 0 Å². The van der Waals surface area contributed by atoms with Crippen LogP contribution in [0.4, 0.5) is 37.7 Å². The van der Waals surface area contributed by atoms with Crippen molar-refractivity contribution in [1.82, 2.24) is 4.90 Å². The van der Waals surface area contributed by atoms with Gasteiger partial charge in [0.25, 0.3) is 5.91 Å². The third-order valence-electron chi connectivity index (χ3n) is 8.89. The molecular formula is C30H31F6N5O2. The Morgan fingerprint density at radius 2 is 1.58 bits per heavy atom. The molecule has 4 aliphatic rings. The number of carbonyl (C=O) groups is 1. The molecule has 0 saturated heterocycles. The van der Waals surface area contributed by atoms with Crippen LogP contribution in [0.15, 0.2) is 34.3 Å². The van der Waals surface area contributed by atoms with Gasteiger partial charge < -0.3 is 15.7 Å². The highest BCUT2D eigenvalue weighted by Gasteiger charge is 2.58. The van der Waals surface area contributed by atoms with Crippen LogP contribution in [0.5, 0.6) is 0 Å². The second kappa shape index (κ2) is 10.9. The van der Waals surface area contributed by atoms with Gasteiger partial charge in [0.1, 0.15) is 23.8 Å². The molecule has 0 spiro atoms. The van der Waals surface area contributed by atoms with E-state index in [9.17, 15) is 27.5 Å². The Bertz CT molecular complexity index is 1450. The second-order valence-corrected chi connectivity index (χ2v) is 12.1. The molecule has 1 unspecified atom stereocenters. The minimum absolute atomic E-state index is 0.0822. The molecule has 0 radical (unpaired) electrons. The van der Waals surface area contributed by atoms with Gasteiger partial charge in [-0.25, -0.2) is 23.2 Å². The molecule has 230 valence electrons. The molecule has 1 atom stereocenters. The number of carbonyl (C=O) groups excluding carboxylic acids is 1. The molecule has 1 amide bonds. The average Bonchev–Trinajstić information content (AvgIpc) is 3.83. The summed E-state index contributed by atoms with van der Waals surface area (Å²) in [6.45, 7) is 1.93. The van der Waals surface area contributed by atoms with Crippen molar-refractivity contribution in [3.05, 3.63) is 58.4 Å². The highest BCUT2D eigenvalue weighted by atomic mass is 19.4. The lowest BCUT2D eigenvalue weighted by molar-refractivity contribution is -0.142. The summed E-state index contributed by atoms with van der Waals surface area (Å²) >= 11 is 0. The molecule has 0 bridgehead atoms. The largest absolute Gasteiger partial charge is 0.416 e. The number of anilines is 1. The number of alkyl halides is 3. The number of aliphatic hydroxyl groups is 1. The average molecular weight is 608 g/mol. The fourth-order valence-electron chi connectivity index (χ4n) is 6.40. The molecule has 3 aliphatic carbocycles. The number of halogens is 6. The van der Waals surface area contributed by atoms with Crippen LogP contribution in [0.3, 0.4) is 0 Å². The van der Waals surface area contributed by atoms with Crippen LogP contribution >= 0.6 is 0 Å². The van der Waals surface area contributed by atoms with Gasteiger partial charge in [0, 0.05) is 43.4 Å². The Morgan fingerprint density at radius 1 is 0.977 bits per heavy atom. The lowest BCUT2D eigenvalue weighted by Crippen LogP contribution is -2.51. The van der Waals surface area contributed by atoms with Crippen LogP contribution in [0.25, 0.3) is 0 Å². The third kappa shape index (κ3) is 5.64. The first kappa shape index (κ1) is 29.6. The lowest BCUT2D eigenvalue weighted by atomic mass is 9.78. The van der Waals surface area contributed by atoms with Crippen LogP contribution < -0.4 is 10.6 Å². The molecule has 0 aromatic heterocycles. The van der Waals surface area contributed by atoms with Crippen molar-refractivity contribution >= 4 is 30.0 Å². The van der Waals surface area contributed by atoms with Crippen LogP contribution in [0, 0.1) is 35.2 Å². The van der Waals surface area contributed by atoms with E-state index in [1.54, 1.807) is 0 Å². The highest BCUT2D eigenvalue weighted by molar-refractivity contribution is 6.10.